The second-order valence-electron chi connectivity index (χ2n) is 4.92. The van der Waals surface area contributed by atoms with Crippen molar-refractivity contribution >= 4 is 6.09 Å². The van der Waals surface area contributed by atoms with Crippen LogP contribution in [0.2, 0.25) is 0 Å². The van der Waals surface area contributed by atoms with Gasteiger partial charge in [0.2, 0.25) is 0 Å². The summed E-state index contributed by atoms with van der Waals surface area (Å²) in [6.45, 7) is 5.52. The largest absolute Gasteiger partial charge is 0.438 e. The van der Waals surface area contributed by atoms with E-state index in [0.29, 0.717) is 6.42 Å². The van der Waals surface area contributed by atoms with Gasteiger partial charge in [0.1, 0.15) is 0 Å². The molecule has 1 aliphatic heterocycles. The van der Waals surface area contributed by atoms with Crippen LogP contribution in [-0.2, 0) is 11.3 Å². The molecular formula is C13H18N2O3. The Bertz CT molecular complexity index is 447. The first kappa shape index (κ1) is 12.8. The van der Waals surface area contributed by atoms with E-state index in [1.54, 1.807) is 32.3 Å². The van der Waals surface area contributed by atoms with Gasteiger partial charge in [-0.2, -0.15) is 0 Å². The summed E-state index contributed by atoms with van der Waals surface area (Å²) >= 11 is 0. The van der Waals surface area contributed by atoms with Crippen LogP contribution in [0, 0.1) is 0 Å². The summed E-state index contributed by atoms with van der Waals surface area (Å²) in [4.78, 5) is 17.2. The molecule has 2 unspecified atom stereocenters. The lowest BCUT2D eigenvalue weighted by molar-refractivity contribution is -0.139. The maximum Gasteiger partial charge on any atom is 0.413 e. The molecule has 1 N–H and O–H groups in total. The van der Waals surface area contributed by atoms with Crippen molar-refractivity contribution in [3.8, 4) is 0 Å². The maximum absolute atomic E-state index is 11.9. The molecule has 1 aromatic rings. The van der Waals surface area contributed by atoms with E-state index in [-0.39, 0.29) is 6.54 Å². The van der Waals surface area contributed by atoms with Crippen molar-refractivity contribution in [2.45, 2.75) is 45.1 Å². The van der Waals surface area contributed by atoms with E-state index in [0.717, 1.165) is 5.56 Å². The van der Waals surface area contributed by atoms with Gasteiger partial charge in [-0.25, -0.2) is 4.79 Å². The highest BCUT2D eigenvalue weighted by molar-refractivity contribution is 5.72. The molecule has 1 fully saturated rings. The van der Waals surface area contributed by atoms with E-state index in [2.05, 4.69) is 4.98 Å². The number of nitrogens with zero attached hydrogens (tertiary/aromatic N) is 2. The highest BCUT2D eigenvalue weighted by Crippen LogP contribution is 2.40. The van der Waals surface area contributed by atoms with Crippen molar-refractivity contribution in [3.05, 3.63) is 30.1 Å². The normalized spacial score (nSPS) is 31.6. The van der Waals surface area contributed by atoms with Gasteiger partial charge in [-0.1, -0.05) is 13.0 Å². The molecule has 5 heteroatoms. The van der Waals surface area contributed by atoms with Crippen molar-refractivity contribution in [1.82, 2.24) is 9.88 Å². The van der Waals surface area contributed by atoms with Gasteiger partial charge in [0, 0.05) is 12.4 Å². The fourth-order valence-corrected chi connectivity index (χ4v) is 2.11. The van der Waals surface area contributed by atoms with Crippen molar-refractivity contribution < 1.29 is 14.6 Å². The average Bonchev–Trinajstić information content (AvgIpc) is 2.51. The molecule has 1 aliphatic rings. The summed E-state index contributed by atoms with van der Waals surface area (Å²) < 4.78 is 5.31. The third-order valence-corrected chi connectivity index (χ3v) is 3.80. The van der Waals surface area contributed by atoms with Crippen LogP contribution in [0.1, 0.15) is 32.8 Å². The smallest absolute Gasteiger partial charge is 0.413 e. The van der Waals surface area contributed by atoms with Crippen LogP contribution in [0.3, 0.4) is 0 Å². The van der Waals surface area contributed by atoms with Gasteiger partial charge in [-0.3, -0.25) is 9.88 Å². The molecule has 0 radical (unpaired) electrons. The highest BCUT2D eigenvalue weighted by atomic mass is 16.6. The molecule has 0 aliphatic carbocycles. The van der Waals surface area contributed by atoms with Crippen LogP contribution >= 0.6 is 0 Å². The van der Waals surface area contributed by atoms with Gasteiger partial charge in [-0.05, 0) is 31.9 Å². The van der Waals surface area contributed by atoms with Crippen molar-refractivity contribution in [2.24, 2.45) is 0 Å². The van der Waals surface area contributed by atoms with E-state index < -0.39 is 17.4 Å². The summed E-state index contributed by atoms with van der Waals surface area (Å²) in [6, 6.07) is 3.66. The van der Waals surface area contributed by atoms with E-state index in [1.165, 1.54) is 4.90 Å². The molecule has 0 saturated carbocycles. The second-order valence-corrected chi connectivity index (χ2v) is 4.92. The molecule has 18 heavy (non-hydrogen) atoms. The Balaban J connectivity index is 2.26. The minimum absolute atomic E-state index is 0.287. The Morgan fingerprint density at radius 2 is 2.22 bits per heavy atom. The first-order valence-electron chi connectivity index (χ1n) is 6.02. The maximum atomic E-state index is 11.9. The van der Waals surface area contributed by atoms with Gasteiger partial charge in [0.15, 0.2) is 11.3 Å². The zero-order chi connectivity index (χ0) is 13.4. The number of hydrogen-bond acceptors (Lipinski definition) is 4. The Morgan fingerprint density at radius 1 is 1.50 bits per heavy atom. The molecule has 1 aromatic heterocycles. The van der Waals surface area contributed by atoms with Gasteiger partial charge in [-0.15, -0.1) is 0 Å². The summed E-state index contributed by atoms with van der Waals surface area (Å²) in [7, 11) is 0. The lowest BCUT2D eigenvalue weighted by Crippen LogP contribution is -2.54. The quantitative estimate of drug-likeness (QED) is 0.890. The first-order chi connectivity index (χ1) is 8.40. The summed E-state index contributed by atoms with van der Waals surface area (Å²) in [6.07, 6.45) is 3.40. The van der Waals surface area contributed by atoms with E-state index in [4.69, 9.17) is 4.74 Å². The van der Waals surface area contributed by atoms with Gasteiger partial charge in [0.05, 0.1) is 6.54 Å². The van der Waals surface area contributed by atoms with Crippen LogP contribution in [0.5, 0.6) is 0 Å². The summed E-state index contributed by atoms with van der Waals surface area (Å²) in [5, 5.41) is 10.6. The predicted molar refractivity (Wildman–Crippen MR) is 65.6 cm³/mol. The zero-order valence-electron chi connectivity index (χ0n) is 10.9. The molecule has 2 rings (SSSR count). The lowest BCUT2D eigenvalue weighted by atomic mass is 9.90. The summed E-state index contributed by atoms with van der Waals surface area (Å²) in [5.41, 5.74) is -1.35. The number of aliphatic hydroxyl groups is 1. The number of carbonyl (C=O) groups excluding carboxylic acids is 1. The second kappa shape index (κ2) is 4.24. The average molecular weight is 250 g/mol. The molecule has 0 aromatic carbocycles. The Labute approximate surface area is 106 Å². The van der Waals surface area contributed by atoms with Gasteiger partial charge >= 0.3 is 6.09 Å². The molecule has 1 amide bonds. The van der Waals surface area contributed by atoms with Crippen molar-refractivity contribution in [1.29, 1.82) is 0 Å². The Kier molecular flexibility index (Phi) is 3.02. The minimum atomic E-state index is -1.32. The molecule has 0 spiro atoms. The third-order valence-electron chi connectivity index (χ3n) is 3.80. The number of amides is 1. The number of hydrogen-bond donors (Lipinski definition) is 1. The Hall–Kier alpha value is -1.62. The van der Waals surface area contributed by atoms with Crippen LogP contribution < -0.4 is 0 Å². The predicted octanol–water partition coefficient (Wildman–Crippen LogP) is 1.91. The Morgan fingerprint density at radius 3 is 2.72 bits per heavy atom. The van der Waals surface area contributed by atoms with Crippen LogP contribution in [-0.4, -0.2) is 32.4 Å². The SMILES string of the molecule is CCC1(C)OC(=O)N(Cc2cccnc2)C1(C)O. The van der Waals surface area contributed by atoms with Crippen LogP contribution in [0.25, 0.3) is 0 Å². The van der Waals surface area contributed by atoms with Crippen LogP contribution in [0.15, 0.2) is 24.5 Å². The van der Waals surface area contributed by atoms with Crippen LogP contribution in [0.4, 0.5) is 4.79 Å². The lowest BCUT2D eigenvalue weighted by Gasteiger charge is -2.36. The number of cyclic esters (lactones) is 1. The van der Waals surface area contributed by atoms with E-state index >= 15 is 0 Å². The number of aromatic nitrogens is 1. The number of rotatable bonds is 3. The number of carbonyl (C=O) groups is 1. The molecule has 1 saturated heterocycles. The topological polar surface area (TPSA) is 62.7 Å². The van der Waals surface area contributed by atoms with Crippen molar-refractivity contribution in [3.63, 3.8) is 0 Å². The first-order valence-corrected chi connectivity index (χ1v) is 6.02. The molecule has 2 heterocycles. The molecule has 0 bridgehead atoms. The molecule has 98 valence electrons. The number of ether oxygens (including phenoxy) is 1. The molecular weight excluding hydrogens is 232 g/mol. The van der Waals surface area contributed by atoms with Crippen molar-refractivity contribution in [2.75, 3.05) is 0 Å². The fraction of sp³-hybridized carbons (Fsp3) is 0.538. The van der Waals surface area contributed by atoms with E-state index in [1.807, 2.05) is 13.0 Å². The highest BCUT2D eigenvalue weighted by Gasteiger charge is 2.58. The number of pyridine rings is 1. The standard InChI is InChI=1S/C13H18N2O3/c1-4-12(2)13(3,17)15(11(16)18-12)9-10-6-5-7-14-8-10/h5-8,17H,4,9H2,1-3H3. The zero-order valence-corrected chi connectivity index (χ0v) is 10.9. The minimum Gasteiger partial charge on any atom is -0.438 e. The van der Waals surface area contributed by atoms with Gasteiger partial charge in [0.25, 0.3) is 0 Å². The fourth-order valence-electron chi connectivity index (χ4n) is 2.11. The summed E-state index contributed by atoms with van der Waals surface area (Å²) in [5.74, 6) is 0. The monoisotopic (exact) mass is 250 g/mol. The molecule has 2 atom stereocenters. The third kappa shape index (κ3) is 1.84. The van der Waals surface area contributed by atoms with Gasteiger partial charge < -0.3 is 9.84 Å². The van der Waals surface area contributed by atoms with E-state index in [9.17, 15) is 9.90 Å². The molecule has 5 nitrogen and oxygen atoms in total.